The minimum absolute atomic E-state index is 0.113. The fourth-order valence-corrected chi connectivity index (χ4v) is 1.34. The van der Waals surface area contributed by atoms with Gasteiger partial charge in [-0.2, -0.15) is 0 Å². The highest BCUT2D eigenvalue weighted by Crippen LogP contribution is 2.22. The summed E-state index contributed by atoms with van der Waals surface area (Å²) in [7, 11) is 0. The number of hydrogen-bond acceptors (Lipinski definition) is 4. The molecule has 0 aliphatic heterocycles. The zero-order chi connectivity index (χ0) is 13.1. The van der Waals surface area contributed by atoms with Gasteiger partial charge in [-0.15, -0.1) is 0 Å². The molecular weight excluding hydrogens is 239 g/mol. The van der Waals surface area contributed by atoms with Crippen LogP contribution >= 0.6 is 0 Å². The largest absolute Gasteiger partial charge is 0.439 e. The number of ether oxygens (including phenoxy) is 1. The maximum absolute atomic E-state index is 13.0. The van der Waals surface area contributed by atoms with Crippen LogP contribution in [0.2, 0.25) is 0 Å². The zero-order valence-electron chi connectivity index (χ0n) is 9.46. The molecule has 6 heteroatoms. The summed E-state index contributed by atoms with van der Waals surface area (Å²) in [6.07, 6.45) is 1.10. The first-order chi connectivity index (χ1) is 8.56. The Kier molecular flexibility index (Phi) is 3.18. The van der Waals surface area contributed by atoms with Gasteiger partial charge < -0.3 is 4.74 Å². The molecule has 1 aromatic heterocycles. The van der Waals surface area contributed by atoms with E-state index in [0.717, 1.165) is 6.20 Å². The molecule has 2 rings (SSSR count). The van der Waals surface area contributed by atoms with E-state index in [4.69, 9.17) is 4.74 Å². The number of benzene rings is 1. The zero-order valence-corrected chi connectivity index (χ0v) is 9.46. The van der Waals surface area contributed by atoms with E-state index in [9.17, 15) is 14.5 Å². The smallest absolute Gasteiger partial charge is 0.287 e. The Balaban J connectivity index is 2.18. The summed E-state index contributed by atoms with van der Waals surface area (Å²) in [4.78, 5) is 13.7. The van der Waals surface area contributed by atoms with Crippen LogP contribution < -0.4 is 4.74 Å². The van der Waals surface area contributed by atoms with Crippen LogP contribution in [0.3, 0.4) is 0 Å². The summed E-state index contributed by atoms with van der Waals surface area (Å²) in [6.45, 7) is 1.62. The second-order valence-corrected chi connectivity index (χ2v) is 3.62. The molecular formula is C12H9FN2O3. The average molecular weight is 248 g/mol. The van der Waals surface area contributed by atoms with Crippen molar-refractivity contribution in [1.29, 1.82) is 0 Å². The Hall–Kier alpha value is -2.50. The predicted octanol–water partition coefficient (Wildman–Crippen LogP) is 3.23. The molecule has 92 valence electrons. The van der Waals surface area contributed by atoms with Gasteiger partial charge in [0.05, 0.1) is 4.92 Å². The van der Waals surface area contributed by atoms with Crippen LogP contribution in [0.1, 0.15) is 5.56 Å². The molecule has 0 N–H and O–H groups in total. The van der Waals surface area contributed by atoms with Crippen molar-refractivity contribution in [2.45, 2.75) is 6.92 Å². The Morgan fingerprint density at radius 2 is 2.11 bits per heavy atom. The molecule has 1 aromatic carbocycles. The van der Waals surface area contributed by atoms with E-state index in [1.807, 2.05) is 0 Å². The highest BCUT2D eigenvalue weighted by molar-refractivity contribution is 5.34. The lowest BCUT2D eigenvalue weighted by molar-refractivity contribution is -0.385. The summed E-state index contributed by atoms with van der Waals surface area (Å²) >= 11 is 0. The van der Waals surface area contributed by atoms with Crippen molar-refractivity contribution in [1.82, 2.24) is 4.98 Å². The fourth-order valence-electron chi connectivity index (χ4n) is 1.34. The molecule has 0 spiro atoms. The van der Waals surface area contributed by atoms with Gasteiger partial charge in [0, 0.05) is 12.1 Å². The van der Waals surface area contributed by atoms with E-state index in [0.29, 0.717) is 11.3 Å². The quantitative estimate of drug-likeness (QED) is 0.617. The average Bonchev–Trinajstić information content (AvgIpc) is 2.34. The van der Waals surface area contributed by atoms with Gasteiger partial charge in [0.1, 0.15) is 17.8 Å². The van der Waals surface area contributed by atoms with Crippen LogP contribution in [0.15, 0.2) is 36.5 Å². The third-order valence-electron chi connectivity index (χ3n) is 2.28. The Bertz CT molecular complexity index is 584. The highest BCUT2D eigenvalue weighted by Gasteiger charge is 2.07. The van der Waals surface area contributed by atoms with Crippen molar-refractivity contribution in [3.05, 3.63) is 58.0 Å². The van der Waals surface area contributed by atoms with Gasteiger partial charge in [-0.1, -0.05) is 0 Å². The molecule has 0 amide bonds. The van der Waals surface area contributed by atoms with Crippen molar-refractivity contribution in [2.75, 3.05) is 0 Å². The monoisotopic (exact) mass is 248 g/mol. The maximum atomic E-state index is 13.0. The number of hydrogen-bond donors (Lipinski definition) is 0. The van der Waals surface area contributed by atoms with E-state index in [1.165, 1.54) is 30.3 Å². The van der Waals surface area contributed by atoms with Crippen LogP contribution in [-0.4, -0.2) is 9.91 Å². The second-order valence-electron chi connectivity index (χ2n) is 3.62. The predicted molar refractivity (Wildman–Crippen MR) is 62.1 cm³/mol. The second kappa shape index (κ2) is 4.79. The number of rotatable bonds is 3. The number of nitrogens with zero attached hydrogens (tertiary/aromatic N) is 2. The molecule has 0 saturated heterocycles. The van der Waals surface area contributed by atoms with E-state index in [2.05, 4.69) is 4.98 Å². The van der Waals surface area contributed by atoms with Crippen molar-refractivity contribution in [2.24, 2.45) is 0 Å². The molecule has 0 aliphatic carbocycles. The first-order valence-corrected chi connectivity index (χ1v) is 5.11. The fraction of sp³-hybridized carbons (Fsp3) is 0.0833. The number of aryl methyl sites for hydroxylation is 1. The summed E-state index contributed by atoms with van der Waals surface area (Å²) < 4.78 is 18.4. The molecule has 0 aliphatic rings. The van der Waals surface area contributed by atoms with E-state index in [1.54, 1.807) is 6.92 Å². The summed E-state index contributed by atoms with van der Waals surface area (Å²) in [5, 5.41) is 10.4. The van der Waals surface area contributed by atoms with Crippen molar-refractivity contribution in [3.63, 3.8) is 0 Å². The molecule has 0 atom stereocenters. The minimum atomic E-state index is -0.543. The lowest BCUT2D eigenvalue weighted by Gasteiger charge is -2.05. The van der Waals surface area contributed by atoms with Gasteiger partial charge in [-0.3, -0.25) is 10.1 Å². The summed E-state index contributed by atoms with van der Waals surface area (Å²) in [5.41, 5.74) is 0.340. The maximum Gasteiger partial charge on any atom is 0.287 e. The van der Waals surface area contributed by atoms with Gasteiger partial charge >= 0.3 is 0 Å². The molecule has 0 fully saturated rings. The molecule has 2 aromatic rings. The Labute approximate surface area is 102 Å². The van der Waals surface area contributed by atoms with E-state index < -0.39 is 4.92 Å². The number of pyridine rings is 1. The van der Waals surface area contributed by atoms with Crippen LogP contribution in [0.4, 0.5) is 10.1 Å². The first kappa shape index (κ1) is 12.0. The third kappa shape index (κ3) is 2.60. The Morgan fingerprint density at radius 1 is 1.33 bits per heavy atom. The van der Waals surface area contributed by atoms with Gasteiger partial charge in [-0.25, -0.2) is 9.37 Å². The molecule has 5 nitrogen and oxygen atoms in total. The Morgan fingerprint density at radius 3 is 2.67 bits per heavy atom. The van der Waals surface area contributed by atoms with Crippen LogP contribution in [-0.2, 0) is 0 Å². The number of halogens is 1. The molecule has 0 saturated carbocycles. The topological polar surface area (TPSA) is 65.3 Å². The first-order valence-electron chi connectivity index (χ1n) is 5.11. The molecule has 0 radical (unpaired) electrons. The normalized spacial score (nSPS) is 10.1. The van der Waals surface area contributed by atoms with Crippen LogP contribution in [0.5, 0.6) is 11.6 Å². The molecule has 18 heavy (non-hydrogen) atoms. The molecule has 0 unspecified atom stereocenters. The van der Waals surface area contributed by atoms with Crippen LogP contribution in [0, 0.1) is 22.9 Å². The van der Waals surface area contributed by atoms with Gasteiger partial charge in [0.2, 0.25) is 5.88 Å². The summed E-state index contributed by atoms with van der Waals surface area (Å²) in [6, 6.07) is 6.95. The highest BCUT2D eigenvalue weighted by atomic mass is 19.1. The molecule has 1 heterocycles. The summed E-state index contributed by atoms with van der Waals surface area (Å²) in [5.74, 6) is 0.320. The third-order valence-corrected chi connectivity index (χ3v) is 2.28. The lowest BCUT2D eigenvalue weighted by Crippen LogP contribution is -1.92. The van der Waals surface area contributed by atoms with Crippen molar-refractivity contribution in [3.8, 4) is 11.6 Å². The number of nitro groups is 1. The van der Waals surface area contributed by atoms with Crippen molar-refractivity contribution >= 4 is 5.69 Å². The van der Waals surface area contributed by atoms with Crippen molar-refractivity contribution < 1.29 is 14.1 Å². The van der Waals surface area contributed by atoms with E-state index >= 15 is 0 Å². The molecule has 0 bridgehead atoms. The standard InChI is InChI=1S/C12H9FN2O3/c1-8-6-10(3-4-11(8)13)18-12-5-2-9(7-14-12)15(16)17/h2-7H,1H3. The SMILES string of the molecule is Cc1cc(Oc2ccc([N+](=O)[O-])cn2)ccc1F. The minimum Gasteiger partial charge on any atom is -0.439 e. The van der Waals surface area contributed by atoms with Gasteiger partial charge in [0.25, 0.3) is 5.69 Å². The van der Waals surface area contributed by atoms with Gasteiger partial charge in [0.15, 0.2) is 0 Å². The van der Waals surface area contributed by atoms with E-state index in [-0.39, 0.29) is 17.4 Å². The lowest BCUT2D eigenvalue weighted by atomic mass is 10.2. The number of aromatic nitrogens is 1. The van der Waals surface area contributed by atoms with Gasteiger partial charge in [-0.05, 0) is 30.7 Å². The van der Waals surface area contributed by atoms with Crippen LogP contribution in [0.25, 0.3) is 0 Å².